The van der Waals surface area contributed by atoms with Crippen LogP contribution in [-0.4, -0.2) is 59.0 Å². The van der Waals surface area contributed by atoms with E-state index in [2.05, 4.69) is 5.32 Å². The molecule has 1 aromatic carbocycles. The first-order valence-electron chi connectivity index (χ1n) is 13.8. The van der Waals surface area contributed by atoms with Gasteiger partial charge in [-0.25, -0.2) is 4.98 Å². The molecule has 3 aromatic rings. The van der Waals surface area contributed by atoms with Crippen LogP contribution in [0.15, 0.2) is 48.8 Å². The number of hydrogen-bond donors (Lipinski definition) is 1. The fourth-order valence-corrected chi connectivity index (χ4v) is 5.70. The maximum Gasteiger partial charge on any atom is 0.246 e. The van der Waals surface area contributed by atoms with Crippen molar-refractivity contribution >= 4 is 17.5 Å². The summed E-state index contributed by atoms with van der Waals surface area (Å²) < 4.78 is 13.2. The Bertz CT molecular complexity index is 1280. The Kier molecular flexibility index (Phi) is 7.98. The van der Waals surface area contributed by atoms with E-state index in [1.54, 1.807) is 7.11 Å². The first-order chi connectivity index (χ1) is 18.5. The predicted octanol–water partition coefficient (Wildman–Crippen LogP) is 4.63. The molecule has 0 unspecified atom stereocenters. The van der Waals surface area contributed by atoms with E-state index in [1.165, 1.54) is 0 Å². The molecule has 5 rings (SSSR count). The Labute approximate surface area is 224 Å². The van der Waals surface area contributed by atoms with E-state index < -0.39 is 6.04 Å². The van der Waals surface area contributed by atoms with E-state index >= 15 is 0 Å². The second kappa shape index (κ2) is 11.6. The Morgan fingerprint density at radius 1 is 1.13 bits per heavy atom. The second-order valence-corrected chi connectivity index (χ2v) is 10.5. The van der Waals surface area contributed by atoms with Crippen LogP contribution in [0, 0.1) is 11.8 Å². The smallest absolute Gasteiger partial charge is 0.246 e. The number of fused-ring (bicyclic) bond motifs is 1. The number of nitrogens with one attached hydrogen (secondary N) is 1. The van der Waals surface area contributed by atoms with Gasteiger partial charge in [-0.2, -0.15) is 0 Å². The van der Waals surface area contributed by atoms with Crippen molar-refractivity contribution in [1.29, 1.82) is 0 Å². The van der Waals surface area contributed by atoms with E-state index in [0.717, 1.165) is 60.3 Å². The number of ether oxygens (including phenoxy) is 2. The van der Waals surface area contributed by atoms with Crippen LogP contribution in [-0.2, 0) is 14.3 Å². The van der Waals surface area contributed by atoms with Gasteiger partial charge in [0.15, 0.2) is 0 Å². The maximum absolute atomic E-state index is 14.1. The summed E-state index contributed by atoms with van der Waals surface area (Å²) in [7, 11) is 1.67. The molecule has 2 fully saturated rings. The van der Waals surface area contributed by atoms with Crippen molar-refractivity contribution in [3.8, 4) is 16.9 Å². The SMILES string of the molecule is CC[C@@H](C)C(=O)N[C@H](C(=O)N1CCC[C@H]1c1cn2cccc(-c3ccccc3OC)c2n1)C1CCOCC1. The molecular formula is C30H38N4O4. The van der Waals surface area contributed by atoms with Gasteiger partial charge in [0.1, 0.15) is 17.4 Å². The van der Waals surface area contributed by atoms with Gasteiger partial charge >= 0.3 is 0 Å². The second-order valence-electron chi connectivity index (χ2n) is 10.5. The lowest BCUT2D eigenvalue weighted by Crippen LogP contribution is -2.54. The Morgan fingerprint density at radius 3 is 2.66 bits per heavy atom. The van der Waals surface area contributed by atoms with E-state index in [0.29, 0.717) is 19.8 Å². The number of nitrogens with zero attached hydrogens (tertiary/aromatic N) is 3. The van der Waals surface area contributed by atoms with Crippen LogP contribution in [0.1, 0.15) is 57.7 Å². The molecule has 0 spiro atoms. The third-order valence-corrected chi connectivity index (χ3v) is 8.14. The molecule has 0 saturated carbocycles. The number of aromatic nitrogens is 2. The van der Waals surface area contributed by atoms with Crippen molar-refractivity contribution < 1.29 is 19.1 Å². The number of imidazole rings is 1. The molecule has 8 heteroatoms. The average molecular weight is 519 g/mol. The molecule has 0 bridgehead atoms. The molecule has 1 N–H and O–H groups in total. The van der Waals surface area contributed by atoms with Crippen LogP contribution >= 0.6 is 0 Å². The third-order valence-electron chi connectivity index (χ3n) is 8.14. The van der Waals surface area contributed by atoms with Crippen molar-refractivity contribution in [2.24, 2.45) is 11.8 Å². The number of hydrogen-bond acceptors (Lipinski definition) is 5. The van der Waals surface area contributed by atoms with E-state index in [9.17, 15) is 9.59 Å². The van der Waals surface area contributed by atoms with Crippen molar-refractivity contribution in [2.75, 3.05) is 26.9 Å². The van der Waals surface area contributed by atoms with Gasteiger partial charge < -0.3 is 24.1 Å². The van der Waals surface area contributed by atoms with Crippen LogP contribution in [0.4, 0.5) is 0 Å². The minimum atomic E-state index is -0.540. The van der Waals surface area contributed by atoms with Crippen LogP contribution in [0.5, 0.6) is 5.75 Å². The number of pyridine rings is 1. The van der Waals surface area contributed by atoms with Crippen molar-refractivity contribution in [3.63, 3.8) is 0 Å². The summed E-state index contributed by atoms with van der Waals surface area (Å²) in [5.41, 5.74) is 3.66. The monoisotopic (exact) mass is 518 g/mol. The lowest BCUT2D eigenvalue weighted by atomic mass is 9.90. The molecule has 2 amide bonds. The van der Waals surface area contributed by atoms with Crippen LogP contribution in [0.25, 0.3) is 16.8 Å². The fraction of sp³-hybridized carbons (Fsp3) is 0.500. The average Bonchev–Trinajstić information content (AvgIpc) is 3.62. The largest absolute Gasteiger partial charge is 0.496 e. The third kappa shape index (κ3) is 5.14. The summed E-state index contributed by atoms with van der Waals surface area (Å²) >= 11 is 0. The molecule has 2 saturated heterocycles. The zero-order valence-corrected chi connectivity index (χ0v) is 22.6. The molecule has 38 heavy (non-hydrogen) atoms. The Hall–Kier alpha value is -3.39. The first kappa shape index (κ1) is 26.2. The highest BCUT2D eigenvalue weighted by atomic mass is 16.5. The number of carbonyl (C=O) groups excluding carboxylic acids is 2. The fourth-order valence-electron chi connectivity index (χ4n) is 5.70. The molecule has 202 valence electrons. The van der Waals surface area contributed by atoms with Crippen LogP contribution in [0.2, 0.25) is 0 Å². The molecule has 4 heterocycles. The van der Waals surface area contributed by atoms with Gasteiger partial charge in [-0.1, -0.05) is 32.0 Å². The molecule has 2 aliphatic rings. The number of para-hydroxylation sites is 1. The van der Waals surface area contributed by atoms with Gasteiger partial charge in [0.2, 0.25) is 11.8 Å². The summed E-state index contributed by atoms with van der Waals surface area (Å²) in [6.07, 6.45) is 8.05. The number of methoxy groups -OCH3 is 1. The molecule has 3 atom stereocenters. The van der Waals surface area contributed by atoms with Gasteiger partial charge in [-0.05, 0) is 56.2 Å². The molecular weight excluding hydrogens is 480 g/mol. The minimum absolute atomic E-state index is 0.00180. The van der Waals surface area contributed by atoms with Crippen molar-refractivity contribution in [2.45, 2.75) is 58.0 Å². The summed E-state index contributed by atoms with van der Waals surface area (Å²) in [6, 6.07) is 11.3. The lowest BCUT2D eigenvalue weighted by Gasteiger charge is -2.35. The molecule has 0 aliphatic carbocycles. The van der Waals surface area contributed by atoms with Gasteiger partial charge in [0.05, 0.1) is 18.8 Å². The Morgan fingerprint density at radius 2 is 1.89 bits per heavy atom. The minimum Gasteiger partial charge on any atom is -0.496 e. The Balaban J connectivity index is 1.46. The lowest BCUT2D eigenvalue weighted by molar-refractivity contribution is -0.140. The quantitative estimate of drug-likeness (QED) is 0.470. The van der Waals surface area contributed by atoms with Gasteiger partial charge in [0.25, 0.3) is 0 Å². The summed E-state index contributed by atoms with van der Waals surface area (Å²) in [5.74, 6) is 0.676. The molecule has 2 aromatic heterocycles. The first-order valence-corrected chi connectivity index (χ1v) is 13.8. The van der Waals surface area contributed by atoms with E-state index in [-0.39, 0.29) is 29.7 Å². The van der Waals surface area contributed by atoms with Gasteiger partial charge in [-0.3, -0.25) is 9.59 Å². The summed E-state index contributed by atoms with van der Waals surface area (Å²) in [4.78, 5) is 34.0. The van der Waals surface area contributed by atoms with E-state index in [4.69, 9.17) is 14.5 Å². The number of likely N-dealkylation sites (tertiary alicyclic amines) is 1. The van der Waals surface area contributed by atoms with Gasteiger partial charge in [0, 0.05) is 49.2 Å². The number of amides is 2. The highest BCUT2D eigenvalue weighted by Crippen LogP contribution is 2.36. The predicted molar refractivity (Wildman–Crippen MR) is 146 cm³/mol. The molecule has 8 nitrogen and oxygen atoms in total. The molecule has 2 aliphatic heterocycles. The maximum atomic E-state index is 14.1. The zero-order valence-electron chi connectivity index (χ0n) is 22.6. The number of carbonyl (C=O) groups is 2. The number of benzene rings is 1. The van der Waals surface area contributed by atoms with Gasteiger partial charge in [-0.15, -0.1) is 0 Å². The molecule has 0 radical (unpaired) electrons. The summed E-state index contributed by atoms with van der Waals surface area (Å²) in [5, 5.41) is 3.13. The zero-order chi connectivity index (χ0) is 26.6. The highest BCUT2D eigenvalue weighted by molar-refractivity contribution is 5.89. The van der Waals surface area contributed by atoms with Crippen LogP contribution in [0.3, 0.4) is 0 Å². The summed E-state index contributed by atoms with van der Waals surface area (Å²) in [6.45, 7) is 5.81. The highest BCUT2D eigenvalue weighted by Gasteiger charge is 2.40. The standard InChI is InChI=1S/C30H38N4O4/c1-4-20(2)29(35)32-27(21-13-17-38-18-14-21)30(36)34-16-8-11-25(34)24-19-33-15-7-10-23(28(33)31-24)22-9-5-6-12-26(22)37-3/h5-7,9-10,12,15,19-21,25,27H,4,8,11,13-14,16-18H2,1-3H3,(H,32,35)/t20-,25+,27+/m1/s1. The van der Waals surface area contributed by atoms with Crippen LogP contribution < -0.4 is 10.1 Å². The topological polar surface area (TPSA) is 85.2 Å². The normalized spacial score (nSPS) is 19.9. The van der Waals surface area contributed by atoms with E-state index in [1.807, 2.05) is 71.9 Å². The van der Waals surface area contributed by atoms with Crippen molar-refractivity contribution in [1.82, 2.24) is 19.6 Å². The van der Waals surface area contributed by atoms with Crippen molar-refractivity contribution in [3.05, 3.63) is 54.5 Å². The number of rotatable bonds is 8.